The second kappa shape index (κ2) is 40.1. The van der Waals surface area contributed by atoms with E-state index in [-0.39, 0.29) is 59.0 Å². The number of urea groups is 4. The smallest absolute Gasteiger partial charge is 0.346 e. The summed E-state index contributed by atoms with van der Waals surface area (Å²) in [6, 6.07) is 21.7. The fraction of sp³-hybridized carbons (Fsp3) is 0.396. The molecule has 7 atom stereocenters. The molecule has 1 unspecified atom stereocenters. The summed E-state index contributed by atoms with van der Waals surface area (Å²) in [4.78, 5) is 121. The van der Waals surface area contributed by atoms with E-state index < -0.39 is 103 Å². The van der Waals surface area contributed by atoms with Gasteiger partial charge in [-0.3, -0.25) is 39.5 Å². The molecule has 718 valence electrons. The number of pyridine rings is 4. The van der Waals surface area contributed by atoms with Gasteiger partial charge in [-0.1, -0.05) is 96.3 Å². The van der Waals surface area contributed by atoms with Crippen molar-refractivity contribution in [1.82, 2.24) is 98.9 Å². The molecule has 0 spiro atoms. The predicted molar refractivity (Wildman–Crippen MR) is 514 cm³/mol. The second-order valence-electron chi connectivity index (χ2n) is 35.5. The zero-order chi connectivity index (χ0) is 104. The van der Waals surface area contributed by atoms with Crippen molar-refractivity contribution in [3.63, 3.8) is 0 Å². The SMILES string of the molecule is [2H]C1(C)NC(=O)N(c2ccnc(N[C@@H](C)c3cc(C)c(-c4ccnc(C(F)(F)F)c4)cn3)n2)[C@H]1C(C)C.[2H]C1([2H])[C@H](C(C)C)N(c2ccnc(NC3(c4cn(-c5cc(Cl)cc(Cl)c5)cn4)CC3)n2)C(=O)N1C.[2H]C1([2H])[C@H](C(C)C)N(c2ccnc(NC3(c4cn(-c5cccc(Cl)c5)cn4)CC3)n2)C(=O)N1C.[2H]C1([2H])[C@H](C(C)C)N(c2ccnc(N[C@@H](C)c3cc(C)c(-c4ccnc(C(F)(F)F)c4)cn3)n2)C(=O)N1C. The lowest BCUT2D eigenvalue weighted by Crippen LogP contribution is -2.40. The number of carbonyl (C=O) groups excluding carboxylic acids is 4. The molecule has 137 heavy (non-hydrogen) atoms. The minimum absolute atomic E-state index is 0.00467. The van der Waals surface area contributed by atoms with E-state index in [1.54, 1.807) is 88.3 Å². The molecule has 4 aliphatic heterocycles. The predicted octanol–water partition coefficient (Wildman–Crippen LogP) is 20.0. The molecule has 2 aliphatic carbocycles. The number of hydrogen-bond donors (Lipinski definition) is 5. The highest BCUT2D eigenvalue weighted by Crippen LogP contribution is 2.50. The van der Waals surface area contributed by atoms with Crippen LogP contribution in [0.5, 0.6) is 0 Å². The number of alkyl halides is 6. The number of halogens is 9. The lowest BCUT2D eigenvalue weighted by atomic mass is 9.98. The standard InChI is InChI=1S/2C25H28F3N7O.C23H25Cl2N7O.C23H26ClN7O/c1-14(2)20-13-34(5)24(36)35(20)22-7-9-30-23(33-22)32-16(4)19-10-15(3)18(12-31-19)17-6-8-29-21(11-17)25(26,27)28;1-13(2)22-16(5)33-24(36)35(22)21-7-9-30-23(34-21)32-15(4)19-10-14(3)18(12-31-19)17-6-8-29-20(11-17)25(26,27)28;1-14(2)18-11-30(3)22(33)32(18)20-4-7-26-21(28-20)29-23(5-6-23)19-12-31(13-27-19)17-9-15(24)8-16(25)10-17;1-15(2)18-12-29(3)22(32)31(18)20-7-10-25-21(27-20)28-23(8-9-23)19-13-30(14-26-19)17-6-4-5-16(24)11-17/h6-12,14,16,20H,13H2,1-5H3,(H,30,32,33);6-13,15-16,22H,1-5H3,(H,33,36)(H,30,32,34);4,7-10,12-14,18H,5-6,11H2,1-3H3,(H,26,28,29);4-7,10-11,13-15,18H,8-9,12H2,1-3H3,(H,25,27,28)/t16-,20+;15-,16?,22-;2*18-/m0011/s1/i13D2;16D;11D2;12D2. The van der Waals surface area contributed by atoms with E-state index in [1.807, 2.05) is 127 Å². The lowest BCUT2D eigenvalue weighted by Gasteiger charge is -2.27. The molecule has 32 nitrogen and oxygen atoms in total. The number of amides is 8. The topological polar surface area (TPSA) is 341 Å². The van der Waals surface area contributed by atoms with Crippen LogP contribution in [0, 0.1) is 37.5 Å². The average Bonchev–Trinajstić information content (AvgIpc) is 1.59. The maximum Gasteiger partial charge on any atom is 0.433 e. The van der Waals surface area contributed by atoms with Crippen LogP contribution >= 0.6 is 34.8 Å². The van der Waals surface area contributed by atoms with Gasteiger partial charge in [-0.25, -0.2) is 49.1 Å². The van der Waals surface area contributed by atoms with Crippen LogP contribution in [0.2, 0.25) is 15.1 Å². The summed E-state index contributed by atoms with van der Waals surface area (Å²) >= 11 is 18.4. The molecular weight excluding hydrogens is 1830 g/mol. The van der Waals surface area contributed by atoms with Gasteiger partial charge in [0.1, 0.15) is 34.7 Å². The Morgan fingerprint density at radius 2 is 0.810 bits per heavy atom. The molecular formula is C96H107Cl3F6N28O4. The van der Waals surface area contributed by atoms with Crippen LogP contribution in [0.4, 0.5) is 92.6 Å². The van der Waals surface area contributed by atoms with Gasteiger partial charge in [-0.05, 0) is 203 Å². The zero-order valence-electron chi connectivity index (χ0n) is 84.7. The van der Waals surface area contributed by atoms with Gasteiger partial charge < -0.3 is 50.4 Å². The number of benzene rings is 2. The maximum atomic E-state index is 13.1. The average molecular weight is 1940 g/mol. The van der Waals surface area contributed by atoms with Crippen LogP contribution in [-0.4, -0.2) is 189 Å². The molecule has 0 radical (unpaired) electrons. The number of aryl methyl sites for hydroxylation is 2. The summed E-state index contributed by atoms with van der Waals surface area (Å²) in [5.41, 5.74) is 5.26. The van der Waals surface area contributed by atoms with Gasteiger partial charge in [0.25, 0.3) is 0 Å². The number of aromatic nitrogens is 16. The zero-order valence-corrected chi connectivity index (χ0v) is 79.9. The molecule has 8 amide bonds. The summed E-state index contributed by atoms with van der Waals surface area (Å²) in [6.45, 7) is 18.6. The Labute approximate surface area is 814 Å². The fourth-order valence-corrected chi connectivity index (χ4v) is 17.0. The molecule has 14 heterocycles. The Kier molecular flexibility index (Phi) is 26.0. The number of nitrogens with zero attached hydrogens (tertiary/aromatic N) is 23. The Morgan fingerprint density at radius 3 is 1.18 bits per heavy atom. The second-order valence-corrected chi connectivity index (χ2v) is 36.8. The van der Waals surface area contributed by atoms with E-state index in [1.165, 1.54) is 77.7 Å². The molecule has 4 saturated heterocycles. The summed E-state index contributed by atoms with van der Waals surface area (Å²) in [5, 5.41) is 17.5. The number of anilines is 8. The highest BCUT2D eigenvalue weighted by atomic mass is 35.5. The molecule has 10 aromatic heterocycles. The Balaban J connectivity index is 0.000000145. The molecule has 2 saturated carbocycles. The van der Waals surface area contributed by atoms with Crippen LogP contribution < -0.4 is 46.2 Å². The van der Waals surface area contributed by atoms with Crippen molar-refractivity contribution in [2.24, 2.45) is 23.7 Å². The quantitative estimate of drug-likeness (QED) is 0.0351. The van der Waals surface area contributed by atoms with Gasteiger partial charge in [-0.2, -0.15) is 46.3 Å². The summed E-state index contributed by atoms with van der Waals surface area (Å²) in [7, 11) is 4.38. The van der Waals surface area contributed by atoms with Crippen LogP contribution in [0.3, 0.4) is 0 Å². The van der Waals surface area contributed by atoms with E-state index >= 15 is 0 Å². The van der Waals surface area contributed by atoms with E-state index in [0.717, 1.165) is 98.8 Å². The first-order valence-corrected chi connectivity index (χ1v) is 45.3. The Morgan fingerprint density at radius 1 is 0.445 bits per heavy atom. The number of nitrogens with one attached hydrogen (secondary N) is 5. The minimum Gasteiger partial charge on any atom is -0.346 e. The summed E-state index contributed by atoms with van der Waals surface area (Å²) in [6.07, 6.45) is 13.2. The molecule has 12 aromatic rings. The van der Waals surface area contributed by atoms with Crippen molar-refractivity contribution >= 4 is 106 Å². The van der Waals surface area contributed by atoms with Gasteiger partial charge in [0.15, 0.2) is 0 Å². The first-order valence-electron chi connectivity index (χ1n) is 47.7. The third-order valence-electron chi connectivity index (χ3n) is 23.8. The van der Waals surface area contributed by atoms with Crippen LogP contribution in [-0.2, 0) is 23.4 Å². The molecule has 2 aromatic carbocycles. The number of carbonyl (C=O) groups is 4. The van der Waals surface area contributed by atoms with Crippen molar-refractivity contribution in [2.75, 3.05) is 81.5 Å². The largest absolute Gasteiger partial charge is 0.433 e. The first kappa shape index (κ1) is 88.8. The molecule has 41 heteroatoms. The third-order valence-corrected chi connectivity index (χ3v) is 24.4. The summed E-state index contributed by atoms with van der Waals surface area (Å²) < 4.78 is 141. The fourth-order valence-electron chi connectivity index (χ4n) is 16.3. The Hall–Kier alpha value is -13.5. The van der Waals surface area contributed by atoms with Crippen molar-refractivity contribution in [3.8, 4) is 33.6 Å². The molecule has 6 fully saturated rings. The normalized spacial score (nSPS) is 21.1. The van der Waals surface area contributed by atoms with Crippen molar-refractivity contribution in [2.45, 2.75) is 181 Å². The minimum atomic E-state index is -4.54. The highest BCUT2D eigenvalue weighted by molar-refractivity contribution is 6.35. The van der Waals surface area contributed by atoms with Crippen molar-refractivity contribution in [1.29, 1.82) is 0 Å². The van der Waals surface area contributed by atoms with Crippen LogP contribution in [0.25, 0.3) is 33.6 Å². The Bertz CT molecular complexity index is 6780. The first-order chi connectivity index (χ1) is 67.6. The third kappa shape index (κ3) is 22.0. The molecule has 0 bridgehead atoms. The van der Waals surface area contributed by atoms with E-state index in [4.69, 9.17) is 44.4 Å². The lowest BCUT2D eigenvalue weighted by molar-refractivity contribution is -0.141. The van der Waals surface area contributed by atoms with E-state index in [0.29, 0.717) is 78.1 Å². The number of likely N-dealkylation sites (N-methyl/N-ethyl adjacent to an activating group) is 3. The number of imidazole rings is 2. The van der Waals surface area contributed by atoms with Gasteiger partial charge in [0, 0.05) is 146 Å². The van der Waals surface area contributed by atoms with Crippen molar-refractivity contribution < 1.29 is 55.1 Å². The maximum absolute atomic E-state index is 13.1. The van der Waals surface area contributed by atoms with E-state index in [2.05, 4.69) is 96.4 Å². The number of rotatable bonds is 24. The highest BCUT2D eigenvalue weighted by Gasteiger charge is 2.50. The molecule has 18 rings (SSSR count). The van der Waals surface area contributed by atoms with Crippen molar-refractivity contribution in [3.05, 3.63) is 238 Å². The van der Waals surface area contributed by atoms with Crippen LogP contribution in [0.15, 0.2) is 178 Å². The van der Waals surface area contributed by atoms with Crippen LogP contribution in [0.1, 0.15) is 169 Å². The van der Waals surface area contributed by atoms with Gasteiger partial charge >= 0.3 is 36.5 Å². The number of hydrogen-bond acceptors (Lipinski definition) is 22. The van der Waals surface area contributed by atoms with Gasteiger partial charge in [0.2, 0.25) is 23.8 Å². The van der Waals surface area contributed by atoms with Gasteiger partial charge in [0.05, 0.1) is 92.4 Å². The molecule has 5 N–H and O–H groups in total. The monoisotopic (exact) mass is 1940 g/mol. The van der Waals surface area contributed by atoms with E-state index in [9.17, 15) is 45.5 Å². The molecule has 6 aliphatic rings. The summed E-state index contributed by atoms with van der Waals surface area (Å²) in [5.74, 6) is 2.17. The van der Waals surface area contributed by atoms with Gasteiger partial charge in [-0.15, -0.1) is 0 Å².